The van der Waals surface area contributed by atoms with E-state index >= 15 is 0 Å². The monoisotopic (exact) mass is 192 g/mol. The van der Waals surface area contributed by atoms with Gasteiger partial charge in [-0.2, -0.15) is 0 Å². The van der Waals surface area contributed by atoms with Crippen molar-refractivity contribution in [2.75, 3.05) is 12.8 Å². The second-order valence-corrected chi connectivity index (χ2v) is 3.47. The number of rotatable bonds is 2. The van der Waals surface area contributed by atoms with Gasteiger partial charge in [0.1, 0.15) is 0 Å². The highest BCUT2D eigenvalue weighted by molar-refractivity contribution is 5.92. The maximum absolute atomic E-state index is 11.2. The molecule has 1 saturated carbocycles. The number of hydrogen-bond acceptors (Lipinski definition) is 4. The Balaban J connectivity index is 2.30. The number of hydrogen-bond donors (Lipinski definition) is 1. The van der Waals surface area contributed by atoms with Crippen molar-refractivity contribution in [3.05, 3.63) is 23.5 Å². The van der Waals surface area contributed by atoms with Crippen LogP contribution < -0.4 is 5.73 Å². The highest BCUT2D eigenvalue weighted by atomic mass is 16.5. The van der Waals surface area contributed by atoms with Crippen molar-refractivity contribution in [3.63, 3.8) is 0 Å². The summed E-state index contributed by atoms with van der Waals surface area (Å²) in [5.41, 5.74) is 7.43. The lowest BCUT2D eigenvalue weighted by molar-refractivity contribution is 0.0595. The average Bonchev–Trinajstić information content (AvgIpc) is 3.00. The lowest BCUT2D eigenvalue weighted by Gasteiger charge is -2.04. The molecule has 1 aliphatic carbocycles. The van der Waals surface area contributed by atoms with Crippen molar-refractivity contribution in [2.45, 2.75) is 18.8 Å². The van der Waals surface area contributed by atoms with E-state index in [0.717, 1.165) is 5.56 Å². The van der Waals surface area contributed by atoms with Crippen LogP contribution in [0.3, 0.4) is 0 Å². The summed E-state index contributed by atoms with van der Waals surface area (Å²) in [4.78, 5) is 15.2. The SMILES string of the molecule is COC(=O)c1ncc(C2CC2)cc1N. The quantitative estimate of drug-likeness (QED) is 0.718. The van der Waals surface area contributed by atoms with Crippen molar-refractivity contribution in [1.82, 2.24) is 4.98 Å². The van der Waals surface area contributed by atoms with Gasteiger partial charge in [-0.3, -0.25) is 0 Å². The zero-order valence-electron chi connectivity index (χ0n) is 7.99. The molecule has 2 N–H and O–H groups in total. The van der Waals surface area contributed by atoms with Crippen LogP contribution in [0.5, 0.6) is 0 Å². The van der Waals surface area contributed by atoms with Gasteiger partial charge in [-0.25, -0.2) is 9.78 Å². The number of carbonyl (C=O) groups is 1. The van der Waals surface area contributed by atoms with E-state index in [-0.39, 0.29) is 5.69 Å². The van der Waals surface area contributed by atoms with Gasteiger partial charge in [0, 0.05) is 6.20 Å². The van der Waals surface area contributed by atoms with Gasteiger partial charge >= 0.3 is 5.97 Å². The van der Waals surface area contributed by atoms with Gasteiger partial charge < -0.3 is 10.5 Å². The molecule has 0 bridgehead atoms. The number of nitrogens with two attached hydrogens (primary N) is 1. The molecule has 1 heterocycles. The van der Waals surface area contributed by atoms with Crippen molar-refractivity contribution in [1.29, 1.82) is 0 Å². The molecule has 0 aliphatic heterocycles. The molecule has 1 aromatic heterocycles. The molecule has 2 rings (SSSR count). The Morgan fingerprint density at radius 1 is 1.64 bits per heavy atom. The summed E-state index contributed by atoms with van der Waals surface area (Å²) in [5.74, 6) is 0.112. The molecule has 14 heavy (non-hydrogen) atoms. The first-order valence-corrected chi connectivity index (χ1v) is 4.56. The summed E-state index contributed by atoms with van der Waals surface area (Å²) in [6, 6.07) is 1.82. The lowest BCUT2D eigenvalue weighted by Crippen LogP contribution is -2.08. The molecule has 0 aromatic carbocycles. The largest absolute Gasteiger partial charge is 0.464 e. The number of ether oxygens (including phenoxy) is 1. The van der Waals surface area contributed by atoms with Gasteiger partial charge in [-0.1, -0.05) is 0 Å². The minimum atomic E-state index is -0.482. The molecule has 0 radical (unpaired) electrons. The second-order valence-electron chi connectivity index (χ2n) is 3.47. The Bertz CT molecular complexity index is 372. The third-order valence-corrected chi connectivity index (χ3v) is 2.37. The summed E-state index contributed by atoms with van der Waals surface area (Å²) in [6.07, 6.45) is 4.09. The van der Waals surface area contributed by atoms with Crippen LogP contribution in [0.1, 0.15) is 34.8 Å². The van der Waals surface area contributed by atoms with Gasteiger partial charge in [0.05, 0.1) is 12.8 Å². The van der Waals surface area contributed by atoms with E-state index in [2.05, 4.69) is 9.72 Å². The predicted molar refractivity (Wildman–Crippen MR) is 52.0 cm³/mol. The van der Waals surface area contributed by atoms with Crippen molar-refractivity contribution in [2.24, 2.45) is 0 Å². The zero-order chi connectivity index (χ0) is 10.1. The van der Waals surface area contributed by atoms with Crippen LogP contribution in [0.4, 0.5) is 5.69 Å². The molecule has 1 fully saturated rings. The van der Waals surface area contributed by atoms with Gasteiger partial charge in [0.25, 0.3) is 0 Å². The fraction of sp³-hybridized carbons (Fsp3) is 0.400. The predicted octanol–water partition coefficient (Wildman–Crippen LogP) is 1.33. The molecule has 0 unspecified atom stereocenters. The Kier molecular flexibility index (Phi) is 2.11. The fourth-order valence-corrected chi connectivity index (χ4v) is 1.41. The first-order valence-electron chi connectivity index (χ1n) is 4.56. The first-order chi connectivity index (χ1) is 6.72. The standard InChI is InChI=1S/C10H12N2O2/c1-14-10(13)9-8(11)4-7(5-12-9)6-2-3-6/h4-6H,2-3,11H2,1H3. The van der Waals surface area contributed by atoms with E-state index in [0.29, 0.717) is 11.6 Å². The van der Waals surface area contributed by atoms with Crippen LogP contribution in [-0.4, -0.2) is 18.1 Å². The third-order valence-electron chi connectivity index (χ3n) is 2.37. The van der Waals surface area contributed by atoms with Crippen LogP contribution in [0.15, 0.2) is 12.3 Å². The van der Waals surface area contributed by atoms with Crippen molar-refractivity contribution < 1.29 is 9.53 Å². The summed E-state index contributed by atoms with van der Waals surface area (Å²) >= 11 is 0. The average molecular weight is 192 g/mol. The van der Waals surface area contributed by atoms with E-state index < -0.39 is 5.97 Å². The maximum atomic E-state index is 11.2. The molecule has 0 amide bonds. The summed E-state index contributed by atoms with van der Waals surface area (Å²) in [6.45, 7) is 0. The van der Waals surface area contributed by atoms with E-state index in [4.69, 9.17) is 5.73 Å². The molecule has 0 saturated heterocycles. The highest BCUT2D eigenvalue weighted by Gasteiger charge is 2.25. The smallest absolute Gasteiger partial charge is 0.358 e. The number of carbonyl (C=O) groups excluding carboxylic acids is 1. The van der Waals surface area contributed by atoms with Gasteiger partial charge in [0.2, 0.25) is 0 Å². The van der Waals surface area contributed by atoms with E-state index in [1.54, 1.807) is 6.20 Å². The minimum absolute atomic E-state index is 0.205. The number of methoxy groups -OCH3 is 1. The molecular formula is C10H12N2O2. The van der Waals surface area contributed by atoms with Gasteiger partial charge in [-0.15, -0.1) is 0 Å². The number of aromatic nitrogens is 1. The molecule has 1 aromatic rings. The minimum Gasteiger partial charge on any atom is -0.464 e. The number of anilines is 1. The summed E-state index contributed by atoms with van der Waals surface area (Å²) in [7, 11) is 1.32. The lowest BCUT2D eigenvalue weighted by atomic mass is 10.1. The van der Waals surface area contributed by atoms with Gasteiger partial charge in [0.15, 0.2) is 5.69 Å². The Hall–Kier alpha value is -1.58. The van der Waals surface area contributed by atoms with Crippen LogP contribution in [0.25, 0.3) is 0 Å². The normalized spacial score (nSPS) is 15.2. The number of nitrogen functional groups attached to an aromatic ring is 1. The van der Waals surface area contributed by atoms with E-state index in [1.165, 1.54) is 20.0 Å². The van der Waals surface area contributed by atoms with Crippen LogP contribution in [0.2, 0.25) is 0 Å². The molecule has 4 nitrogen and oxygen atoms in total. The molecule has 0 spiro atoms. The molecule has 74 valence electrons. The molecule has 0 atom stereocenters. The molecule has 4 heteroatoms. The van der Waals surface area contributed by atoms with Crippen molar-refractivity contribution in [3.8, 4) is 0 Å². The van der Waals surface area contributed by atoms with Crippen LogP contribution in [-0.2, 0) is 4.74 Å². The van der Waals surface area contributed by atoms with Crippen LogP contribution >= 0.6 is 0 Å². The molecule has 1 aliphatic rings. The maximum Gasteiger partial charge on any atom is 0.358 e. The highest BCUT2D eigenvalue weighted by Crippen LogP contribution is 2.40. The fourth-order valence-electron chi connectivity index (χ4n) is 1.41. The topological polar surface area (TPSA) is 65.2 Å². The second kappa shape index (κ2) is 3.29. The Labute approximate surface area is 82.1 Å². The third kappa shape index (κ3) is 1.55. The summed E-state index contributed by atoms with van der Waals surface area (Å²) in [5, 5.41) is 0. The Morgan fingerprint density at radius 2 is 2.36 bits per heavy atom. The van der Waals surface area contributed by atoms with E-state index in [1.807, 2.05) is 6.07 Å². The number of nitrogens with zero attached hydrogens (tertiary/aromatic N) is 1. The number of esters is 1. The van der Waals surface area contributed by atoms with Gasteiger partial charge in [-0.05, 0) is 30.4 Å². The summed E-state index contributed by atoms with van der Waals surface area (Å²) < 4.78 is 4.55. The molecular weight excluding hydrogens is 180 g/mol. The van der Waals surface area contributed by atoms with E-state index in [9.17, 15) is 4.79 Å². The number of pyridine rings is 1. The Morgan fingerprint density at radius 3 is 2.86 bits per heavy atom. The van der Waals surface area contributed by atoms with Crippen LogP contribution in [0, 0.1) is 0 Å². The zero-order valence-corrected chi connectivity index (χ0v) is 7.99. The van der Waals surface area contributed by atoms with Crippen molar-refractivity contribution >= 4 is 11.7 Å². The first kappa shape index (κ1) is 8.99.